The molecule has 2 aromatic carbocycles. The second-order valence-corrected chi connectivity index (χ2v) is 5.86. The standard InChI is InChI=1S/C16H17FN2OS/c1-10-3-5-13(7-11(10)2)21-9-16(20)19-15-6-4-12(17)8-14(15)18/h3-8H,9,18H2,1-2H3,(H,19,20). The minimum absolute atomic E-state index is 0.170. The van der Waals surface area contributed by atoms with Crippen LogP contribution in [-0.2, 0) is 4.79 Å². The molecule has 1 amide bonds. The number of amides is 1. The minimum atomic E-state index is -0.421. The number of nitrogen functional groups attached to an aromatic ring is 1. The van der Waals surface area contributed by atoms with Gasteiger partial charge >= 0.3 is 0 Å². The van der Waals surface area contributed by atoms with E-state index < -0.39 is 5.82 Å². The van der Waals surface area contributed by atoms with Gasteiger partial charge in [-0.2, -0.15) is 0 Å². The molecule has 0 unspecified atom stereocenters. The summed E-state index contributed by atoms with van der Waals surface area (Å²) in [6.45, 7) is 4.09. The van der Waals surface area contributed by atoms with Gasteiger partial charge < -0.3 is 11.1 Å². The van der Waals surface area contributed by atoms with Crippen LogP contribution in [0.1, 0.15) is 11.1 Å². The van der Waals surface area contributed by atoms with Crippen molar-refractivity contribution in [2.24, 2.45) is 0 Å². The Bertz CT molecular complexity index is 673. The van der Waals surface area contributed by atoms with Crippen LogP contribution in [0.2, 0.25) is 0 Å². The monoisotopic (exact) mass is 304 g/mol. The lowest BCUT2D eigenvalue weighted by Crippen LogP contribution is -2.15. The number of carbonyl (C=O) groups is 1. The van der Waals surface area contributed by atoms with Crippen molar-refractivity contribution in [2.75, 3.05) is 16.8 Å². The Morgan fingerprint density at radius 1 is 1.19 bits per heavy atom. The van der Waals surface area contributed by atoms with E-state index in [0.717, 1.165) is 4.90 Å². The summed E-state index contributed by atoms with van der Waals surface area (Å²) in [6.07, 6.45) is 0. The third-order valence-corrected chi connectivity index (χ3v) is 4.13. The van der Waals surface area contributed by atoms with E-state index in [1.54, 1.807) is 0 Å². The van der Waals surface area contributed by atoms with Crippen LogP contribution in [0.25, 0.3) is 0 Å². The van der Waals surface area contributed by atoms with Crippen molar-refractivity contribution in [3.05, 3.63) is 53.3 Å². The van der Waals surface area contributed by atoms with Crippen LogP contribution in [0.4, 0.5) is 15.8 Å². The predicted octanol–water partition coefficient (Wildman–Crippen LogP) is 3.76. The largest absolute Gasteiger partial charge is 0.397 e. The van der Waals surface area contributed by atoms with Gasteiger partial charge in [-0.1, -0.05) is 6.07 Å². The zero-order chi connectivity index (χ0) is 15.4. The van der Waals surface area contributed by atoms with Crippen molar-refractivity contribution in [1.29, 1.82) is 0 Å². The molecule has 110 valence electrons. The Morgan fingerprint density at radius 2 is 1.95 bits per heavy atom. The van der Waals surface area contributed by atoms with Gasteiger partial charge in [-0.05, 0) is 55.3 Å². The second kappa shape index (κ2) is 6.63. The number of nitrogens with one attached hydrogen (secondary N) is 1. The highest BCUT2D eigenvalue weighted by Gasteiger charge is 2.07. The maximum absolute atomic E-state index is 12.9. The van der Waals surface area contributed by atoms with E-state index in [-0.39, 0.29) is 17.3 Å². The number of halogens is 1. The van der Waals surface area contributed by atoms with Gasteiger partial charge in [0.15, 0.2) is 0 Å². The maximum Gasteiger partial charge on any atom is 0.234 e. The third kappa shape index (κ3) is 4.23. The second-order valence-electron chi connectivity index (χ2n) is 4.81. The number of nitrogens with two attached hydrogens (primary N) is 1. The molecule has 0 radical (unpaired) electrons. The smallest absolute Gasteiger partial charge is 0.234 e. The molecule has 0 fully saturated rings. The number of hydrogen-bond acceptors (Lipinski definition) is 3. The van der Waals surface area contributed by atoms with Gasteiger partial charge in [-0.15, -0.1) is 11.8 Å². The van der Waals surface area contributed by atoms with Crippen LogP contribution in [0.3, 0.4) is 0 Å². The molecule has 3 nitrogen and oxygen atoms in total. The first kappa shape index (κ1) is 15.4. The number of benzene rings is 2. The summed E-state index contributed by atoms with van der Waals surface area (Å²) in [7, 11) is 0. The van der Waals surface area contributed by atoms with Crippen molar-refractivity contribution in [1.82, 2.24) is 0 Å². The number of thioether (sulfide) groups is 1. The van der Waals surface area contributed by atoms with E-state index >= 15 is 0 Å². The summed E-state index contributed by atoms with van der Waals surface area (Å²) < 4.78 is 12.9. The quantitative estimate of drug-likeness (QED) is 0.668. The van der Waals surface area contributed by atoms with Crippen LogP contribution < -0.4 is 11.1 Å². The lowest BCUT2D eigenvalue weighted by Gasteiger charge is -2.08. The molecule has 0 atom stereocenters. The van der Waals surface area contributed by atoms with E-state index in [1.165, 1.54) is 41.1 Å². The molecule has 3 N–H and O–H groups in total. The van der Waals surface area contributed by atoms with Crippen LogP contribution in [0.5, 0.6) is 0 Å². The molecule has 0 aliphatic carbocycles. The highest BCUT2D eigenvalue weighted by molar-refractivity contribution is 8.00. The maximum atomic E-state index is 12.9. The first-order chi connectivity index (χ1) is 9.95. The molecule has 0 saturated carbocycles. The van der Waals surface area contributed by atoms with E-state index in [4.69, 9.17) is 5.73 Å². The molecule has 2 rings (SSSR count). The first-order valence-electron chi connectivity index (χ1n) is 6.50. The van der Waals surface area contributed by atoms with Gasteiger partial charge in [0, 0.05) is 4.90 Å². The van der Waals surface area contributed by atoms with Gasteiger partial charge in [0.2, 0.25) is 5.91 Å². The Hall–Kier alpha value is -2.01. The zero-order valence-corrected chi connectivity index (χ0v) is 12.8. The predicted molar refractivity (Wildman–Crippen MR) is 86.1 cm³/mol. The van der Waals surface area contributed by atoms with Crippen LogP contribution in [-0.4, -0.2) is 11.7 Å². The fourth-order valence-electron chi connectivity index (χ4n) is 1.79. The van der Waals surface area contributed by atoms with Crippen molar-refractivity contribution in [3.8, 4) is 0 Å². The van der Waals surface area contributed by atoms with Gasteiger partial charge in [-0.25, -0.2) is 4.39 Å². The molecule has 5 heteroatoms. The average molecular weight is 304 g/mol. The summed E-state index contributed by atoms with van der Waals surface area (Å²) >= 11 is 1.45. The number of carbonyl (C=O) groups excluding carboxylic acids is 1. The van der Waals surface area contributed by atoms with E-state index in [9.17, 15) is 9.18 Å². The Kier molecular flexibility index (Phi) is 4.85. The van der Waals surface area contributed by atoms with Crippen LogP contribution in [0, 0.1) is 19.7 Å². The van der Waals surface area contributed by atoms with Crippen molar-refractivity contribution in [2.45, 2.75) is 18.7 Å². The summed E-state index contributed by atoms with van der Waals surface area (Å²) in [5.74, 6) is -0.314. The molecule has 0 saturated heterocycles. The van der Waals surface area contributed by atoms with Crippen molar-refractivity contribution < 1.29 is 9.18 Å². The number of anilines is 2. The third-order valence-electron chi connectivity index (χ3n) is 3.14. The zero-order valence-electron chi connectivity index (χ0n) is 11.9. The molecular formula is C16H17FN2OS. The minimum Gasteiger partial charge on any atom is -0.397 e. The van der Waals surface area contributed by atoms with Crippen LogP contribution >= 0.6 is 11.8 Å². The fourth-order valence-corrected chi connectivity index (χ4v) is 2.58. The van der Waals surface area contributed by atoms with E-state index in [2.05, 4.69) is 11.4 Å². The molecule has 0 aliphatic heterocycles. The lowest BCUT2D eigenvalue weighted by molar-refractivity contribution is -0.113. The summed E-state index contributed by atoms with van der Waals surface area (Å²) in [6, 6.07) is 10.00. The summed E-state index contributed by atoms with van der Waals surface area (Å²) in [4.78, 5) is 12.9. The molecule has 0 spiro atoms. The topological polar surface area (TPSA) is 55.1 Å². The lowest BCUT2D eigenvalue weighted by atomic mass is 10.1. The fraction of sp³-hybridized carbons (Fsp3) is 0.188. The normalized spacial score (nSPS) is 10.4. The van der Waals surface area contributed by atoms with Gasteiger partial charge in [-0.3, -0.25) is 4.79 Å². The molecule has 21 heavy (non-hydrogen) atoms. The van der Waals surface area contributed by atoms with Crippen molar-refractivity contribution in [3.63, 3.8) is 0 Å². The van der Waals surface area contributed by atoms with E-state index in [0.29, 0.717) is 5.69 Å². The summed E-state index contributed by atoms with van der Waals surface area (Å²) in [5, 5.41) is 2.68. The molecule has 0 heterocycles. The highest BCUT2D eigenvalue weighted by Crippen LogP contribution is 2.23. The Labute approximate surface area is 127 Å². The Balaban J connectivity index is 1.94. The molecule has 0 bridgehead atoms. The number of rotatable bonds is 4. The molecular weight excluding hydrogens is 287 g/mol. The number of aryl methyl sites for hydroxylation is 2. The molecule has 0 aromatic heterocycles. The first-order valence-corrected chi connectivity index (χ1v) is 7.49. The SMILES string of the molecule is Cc1ccc(SCC(=O)Nc2ccc(F)cc2N)cc1C. The molecule has 0 aliphatic rings. The number of hydrogen-bond donors (Lipinski definition) is 2. The average Bonchev–Trinajstić information content (AvgIpc) is 2.43. The van der Waals surface area contributed by atoms with Gasteiger partial charge in [0.1, 0.15) is 5.82 Å². The van der Waals surface area contributed by atoms with Gasteiger partial charge in [0.25, 0.3) is 0 Å². The summed E-state index contributed by atoms with van der Waals surface area (Å²) in [5.41, 5.74) is 8.73. The highest BCUT2D eigenvalue weighted by atomic mass is 32.2. The van der Waals surface area contributed by atoms with E-state index in [1.807, 2.05) is 26.0 Å². The molecule has 2 aromatic rings. The van der Waals surface area contributed by atoms with Crippen molar-refractivity contribution >= 4 is 29.0 Å². The Morgan fingerprint density at radius 3 is 2.62 bits per heavy atom. The van der Waals surface area contributed by atoms with Gasteiger partial charge in [0.05, 0.1) is 17.1 Å². The van der Waals surface area contributed by atoms with Crippen LogP contribution in [0.15, 0.2) is 41.3 Å².